The Bertz CT molecular complexity index is 1530. The van der Waals surface area contributed by atoms with E-state index in [2.05, 4.69) is 9.62 Å². The van der Waals surface area contributed by atoms with Crippen LogP contribution in [0.15, 0.2) is 48.6 Å². The third kappa shape index (κ3) is 5.30. The average Bonchev–Trinajstić information content (AvgIpc) is 3.08. The molecule has 0 aromatic heterocycles. The molecule has 5 atom stereocenters. The molecule has 2 aliphatic carbocycles. The van der Waals surface area contributed by atoms with Gasteiger partial charge in [0.25, 0.3) is 11.8 Å². The third-order valence-corrected chi connectivity index (χ3v) is 11.6. The molecule has 4 aliphatic rings. The number of amides is 1. The Hall–Kier alpha value is -2.69. The van der Waals surface area contributed by atoms with E-state index >= 15 is 8.78 Å². The predicted octanol–water partition coefficient (Wildman–Crippen LogP) is 5.55. The number of carbonyl (C=O) groups is 1. The summed E-state index contributed by atoms with van der Waals surface area (Å²) in [6.07, 6.45) is 5.19. The molecule has 0 saturated heterocycles. The number of sulfonamides is 1. The fourth-order valence-corrected chi connectivity index (χ4v) is 8.07. The van der Waals surface area contributed by atoms with Crippen LogP contribution in [-0.4, -0.2) is 50.5 Å². The van der Waals surface area contributed by atoms with Crippen LogP contribution in [0.2, 0.25) is 5.02 Å². The number of hydrogen-bond donors (Lipinski definition) is 2. The van der Waals surface area contributed by atoms with Gasteiger partial charge in [0.2, 0.25) is 10.0 Å². The number of benzene rings is 2. The van der Waals surface area contributed by atoms with Crippen LogP contribution in [0.25, 0.3) is 0 Å². The molecule has 2 aliphatic heterocycles. The fraction of sp³-hybridized carbons (Fsp3) is 0.516. The molecule has 2 aromatic carbocycles. The summed E-state index contributed by atoms with van der Waals surface area (Å²) < 4.78 is 64.7. The normalized spacial score (nSPS) is 32.8. The van der Waals surface area contributed by atoms with Gasteiger partial charge in [0.05, 0.1) is 23.6 Å². The summed E-state index contributed by atoms with van der Waals surface area (Å²) in [5.41, 5.74) is 0.385. The van der Waals surface area contributed by atoms with Crippen LogP contribution >= 0.6 is 11.6 Å². The van der Waals surface area contributed by atoms with Crippen molar-refractivity contribution in [1.29, 1.82) is 0 Å². The number of rotatable bonds is 0. The maximum Gasteiger partial charge on any atom is 0.273 e. The van der Waals surface area contributed by atoms with E-state index in [1.165, 1.54) is 12.1 Å². The van der Waals surface area contributed by atoms with Crippen LogP contribution in [0, 0.1) is 11.8 Å². The van der Waals surface area contributed by atoms with Gasteiger partial charge in [-0.2, -0.15) is 0 Å². The molecule has 6 rings (SSSR count). The number of halogens is 3. The van der Waals surface area contributed by atoms with Crippen molar-refractivity contribution in [3.63, 3.8) is 0 Å². The largest absolute Gasteiger partial charge is 0.490 e. The van der Waals surface area contributed by atoms with Crippen molar-refractivity contribution in [2.45, 2.75) is 68.1 Å². The molecule has 11 heteroatoms. The molecule has 0 radical (unpaired) electrons. The maximum absolute atomic E-state index is 15.2. The van der Waals surface area contributed by atoms with E-state index in [1.54, 1.807) is 43.3 Å². The Balaban J connectivity index is 1.44. The van der Waals surface area contributed by atoms with E-state index < -0.39 is 38.6 Å². The zero-order chi connectivity index (χ0) is 29.9. The summed E-state index contributed by atoms with van der Waals surface area (Å²) in [4.78, 5) is 15.3. The van der Waals surface area contributed by atoms with E-state index in [4.69, 9.17) is 16.3 Å². The Morgan fingerprint density at radius 1 is 1.10 bits per heavy atom. The number of nitrogens with zero attached hydrogens (tertiary/aromatic N) is 1. The number of fused-ring (bicyclic) bond motifs is 4. The number of allylic oxidation sites excluding steroid dienone is 1. The minimum Gasteiger partial charge on any atom is -0.490 e. The van der Waals surface area contributed by atoms with Gasteiger partial charge in [-0.3, -0.25) is 4.79 Å². The highest BCUT2D eigenvalue weighted by Gasteiger charge is 2.51. The lowest BCUT2D eigenvalue weighted by Crippen LogP contribution is -2.50. The smallest absolute Gasteiger partial charge is 0.273 e. The first-order chi connectivity index (χ1) is 19.9. The molecule has 1 amide bonds. The highest BCUT2D eigenvalue weighted by Crippen LogP contribution is 2.52. The summed E-state index contributed by atoms with van der Waals surface area (Å²) in [6.45, 7) is 2.57. The summed E-state index contributed by atoms with van der Waals surface area (Å²) >= 11 is 6.16. The quantitative estimate of drug-likeness (QED) is 0.375. The van der Waals surface area contributed by atoms with Crippen LogP contribution in [0.3, 0.4) is 0 Å². The monoisotopic (exact) mass is 620 g/mol. The molecule has 7 nitrogen and oxygen atoms in total. The molecule has 1 fully saturated rings. The van der Waals surface area contributed by atoms with E-state index in [9.17, 15) is 18.3 Å². The lowest BCUT2D eigenvalue weighted by atomic mass is 9.67. The lowest BCUT2D eigenvalue weighted by molar-refractivity contribution is -0.0361. The topological polar surface area (TPSA) is 95.9 Å². The number of carbonyl (C=O) groups excluding carboxylic acids is 1. The van der Waals surface area contributed by atoms with E-state index in [1.807, 2.05) is 0 Å². The molecule has 1 spiro atoms. The minimum atomic E-state index is -3.94. The van der Waals surface area contributed by atoms with Crippen LogP contribution in [-0.2, 0) is 21.4 Å². The lowest BCUT2D eigenvalue weighted by Gasteiger charge is -2.46. The van der Waals surface area contributed by atoms with Crippen molar-refractivity contribution in [3.8, 4) is 5.75 Å². The molecule has 2 aromatic rings. The SMILES string of the molecule is C[C@@H]1CC/C=C/[C@H](O)[C@@H]2CC[C@H]2CN2C[C@@]3(CCC(F)(F)c4cc(Cl)ccc43)COc3ccc(cc32)C(=O)NS1(=O)=O. The summed E-state index contributed by atoms with van der Waals surface area (Å²) in [6, 6.07) is 9.44. The molecule has 226 valence electrons. The van der Waals surface area contributed by atoms with Crippen molar-refractivity contribution in [1.82, 2.24) is 4.72 Å². The Morgan fingerprint density at radius 3 is 2.67 bits per heavy atom. The van der Waals surface area contributed by atoms with Gasteiger partial charge < -0.3 is 14.7 Å². The number of hydrogen-bond acceptors (Lipinski definition) is 6. The maximum atomic E-state index is 15.2. The van der Waals surface area contributed by atoms with Gasteiger partial charge in [0, 0.05) is 41.1 Å². The Labute approximate surface area is 249 Å². The van der Waals surface area contributed by atoms with Gasteiger partial charge >= 0.3 is 0 Å². The molecule has 2 bridgehead atoms. The van der Waals surface area contributed by atoms with Crippen molar-refractivity contribution >= 4 is 33.2 Å². The van der Waals surface area contributed by atoms with Crippen LogP contribution in [0.5, 0.6) is 5.75 Å². The first-order valence-electron chi connectivity index (χ1n) is 14.5. The molecule has 1 saturated carbocycles. The number of ether oxygens (including phenoxy) is 1. The van der Waals surface area contributed by atoms with Gasteiger partial charge in [0.1, 0.15) is 5.75 Å². The minimum absolute atomic E-state index is 0.00662. The molecule has 2 heterocycles. The van der Waals surface area contributed by atoms with Crippen LogP contribution in [0.1, 0.15) is 66.9 Å². The molecular formula is C31H35ClF2N2O5S. The first kappa shape index (κ1) is 29.4. The standard InChI is InChI=1S/C31H35ClF2N2O5S/c1-19-4-2-3-5-27(37)23-9-6-21(23)16-36-17-30(12-13-31(33,34)25-15-22(32)8-10-24(25)30)18-41-28-11-7-20(14-26(28)36)29(38)35-42(19,39)40/h3,5,7-8,10-11,14-15,19,21,23,27,37H,2,4,6,9,12-13,16-18H2,1H3,(H,35,38)/b5-3+/t19-,21+,23-,27+,30+/m1/s1. The molecule has 0 unspecified atom stereocenters. The molecular weight excluding hydrogens is 586 g/mol. The first-order valence-corrected chi connectivity index (χ1v) is 16.4. The second-order valence-corrected chi connectivity index (χ2v) is 14.8. The highest BCUT2D eigenvalue weighted by atomic mass is 35.5. The molecule has 42 heavy (non-hydrogen) atoms. The van der Waals surface area contributed by atoms with Crippen molar-refractivity contribution in [2.24, 2.45) is 11.8 Å². The fourth-order valence-electron chi connectivity index (χ4n) is 6.87. The number of aliphatic hydroxyl groups is 1. The second-order valence-electron chi connectivity index (χ2n) is 12.3. The number of nitrogens with one attached hydrogen (secondary N) is 1. The number of alkyl halides is 2. The summed E-state index contributed by atoms with van der Waals surface area (Å²) in [7, 11) is -3.94. The van der Waals surface area contributed by atoms with E-state index in [0.717, 1.165) is 12.8 Å². The van der Waals surface area contributed by atoms with Gasteiger partial charge in [-0.05, 0) is 86.8 Å². The Morgan fingerprint density at radius 2 is 1.90 bits per heavy atom. The van der Waals surface area contributed by atoms with Gasteiger partial charge in [0.15, 0.2) is 0 Å². The van der Waals surface area contributed by atoms with E-state index in [0.29, 0.717) is 42.9 Å². The number of aliphatic hydroxyl groups excluding tert-OH is 1. The average molecular weight is 621 g/mol. The van der Waals surface area contributed by atoms with Gasteiger partial charge in [-0.25, -0.2) is 21.9 Å². The predicted molar refractivity (Wildman–Crippen MR) is 157 cm³/mol. The van der Waals surface area contributed by atoms with Crippen LogP contribution in [0.4, 0.5) is 14.5 Å². The molecule has 2 N–H and O–H groups in total. The number of anilines is 1. The van der Waals surface area contributed by atoms with Gasteiger partial charge in [-0.15, -0.1) is 0 Å². The van der Waals surface area contributed by atoms with Gasteiger partial charge in [-0.1, -0.05) is 29.8 Å². The van der Waals surface area contributed by atoms with E-state index in [-0.39, 0.29) is 47.4 Å². The third-order valence-electron chi connectivity index (χ3n) is 9.63. The van der Waals surface area contributed by atoms with Crippen LogP contribution < -0.4 is 14.4 Å². The Kier molecular flexibility index (Phi) is 7.55. The zero-order valence-electron chi connectivity index (χ0n) is 23.4. The van der Waals surface area contributed by atoms with Crippen molar-refractivity contribution in [2.75, 3.05) is 24.6 Å². The summed E-state index contributed by atoms with van der Waals surface area (Å²) in [5.74, 6) is -3.13. The summed E-state index contributed by atoms with van der Waals surface area (Å²) in [5, 5.41) is 10.4. The second kappa shape index (κ2) is 10.8. The highest BCUT2D eigenvalue weighted by molar-refractivity contribution is 7.90. The zero-order valence-corrected chi connectivity index (χ0v) is 24.9. The van der Waals surface area contributed by atoms with Crippen molar-refractivity contribution in [3.05, 3.63) is 70.3 Å². The van der Waals surface area contributed by atoms with Crippen molar-refractivity contribution < 1.29 is 31.8 Å².